The van der Waals surface area contributed by atoms with Crippen molar-refractivity contribution in [3.8, 4) is 0 Å². The minimum absolute atomic E-state index is 0.333. The molecule has 1 saturated heterocycles. The van der Waals surface area contributed by atoms with Crippen molar-refractivity contribution in [1.82, 2.24) is 10.2 Å². The van der Waals surface area contributed by atoms with Crippen molar-refractivity contribution in [2.24, 2.45) is 5.92 Å². The van der Waals surface area contributed by atoms with Crippen molar-refractivity contribution in [2.75, 3.05) is 31.4 Å². The zero-order valence-corrected chi connectivity index (χ0v) is 11.5. The number of thioether (sulfide) groups is 1. The molecule has 0 saturated carbocycles. The summed E-state index contributed by atoms with van der Waals surface area (Å²) >= 11 is 1.45. The molecular weight excluding hydrogens is 256 g/mol. The molecule has 0 unspecified atom stereocenters. The highest BCUT2D eigenvalue weighted by Gasteiger charge is 2.34. The maximum Gasteiger partial charge on any atom is 0.327 e. The van der Waals surface area contributed by atoms with Crippen LogP contribution in [0, 0.1) is 5.92 Å². The number of urea groups is 1. The van der Waals surface area contributed by atoms with Gasteiger partial charge in [0, 0.05) is 18.9 Å². The molecule has 0 spiro atoms. The summed E-state index contributed by atoms with van der Waals surface area (Å²) in [5.74, 6) is 0.390. The Morgan fingerprint density at radius 1 is 1.56 bits per heavy atom. The van der Waals surface area contributed by atoms with E-state index in [2.05, 4.69) is 19.2 Å². The van der Waals surface area contributed by atoms with Crippen molar-refractivity contribution in [3.63, 3.8) is 0 Å². The van der Waals surface area contributed by atoms with Gasteiger partial charge < -0.3 is 20.1 Å². The summed E-state index contributed by atoms with van der Waals surface area (Å²) in [6.45, 7) is 5.61. The lowest BCUT2D eigenvalue weighted by Crippen LogP contribution is -2.47. The van der Waals surface area contributed by atoms with Crippen LogP contribution in [0.2, 0.25) is 0 Å². The van der Waals surface area contributed by atoms with E-state index in [0.717, 1.165) is 0 Å². The summed E-state index contributed by atoms with van der Waals surface area (Å²) in [6, 6.07) is -1.05. The van der Waals surface area contributed by atoms with Gasteiger partial charge in [-0.3, -0.25) is 0 Å². The van der Waals surface area contributed by atoms with Crippen molar-refractivity contribution >= 4 is 23.8 Å². The number of carboxylic acids is 1. The number of hydrogen-bond donors (Lipinski definition) is 2. The Bertz CT molecular complexity index is 299. The van der Waals surface area contributed by atoms with Gasteiger partial charge in [0.15, 0.2) is 0 Å². The van der Waals surface area contributed by atoms with Crippen LogP contribution in [-0.4, -0.2) is 59.4 Å². The predicted molar refractivity (Wildman–Crippen MR) is 69.6 cm³/mol. The van der Waals surface area contributed by atoms with E-state index in [0.29, 0.717) is 37.3 Å². The molecular formula is C11H20N2O4S. The highest BCUT2D eigenvalue weighted by atomic mass is 32.2. The first kappa shape index (κ1) is 15.1. The molecule has 18 heavy (non-hydrogen) atoms. The van der Waals surface area contributed by atoms with Gasteiger partial charge in [0.1, 0.15) is 6.04 Å². The average Bonchev–Trinajstić information content (AvgIpc) is 2.76. The lowest BCUT2D eigenvalue weighted by molar-refractivity contribution is -0.140. The predicted octanol–water partition coefficient (Wildman–Crippen LogP) is 0.828. The van der Waals surface area contributed by atoms with Crippen LogP contribution < -0.4 is 5.32 Å². The molecule has 2 amide bonds. The second-order valence-corrected chi connectivity index (χ2v) is 5.52. The number of nitrogens with one attached hydrogen (secondary N) is 1. The Balaban J connectivity index is 2.22. The number of aliphatic carboxylic acids is 1. The fourth-order valence-electron chi connectivity index (χ4n) is 1.50. The molecule has 1 rings (SSSR count). The highest BCUT2D eigenvalue weighted by Crippen LogP contribution is 2.20. The van der Waals surface area contributed by atoms with Crippen molar-refractivity contribution in [2.45, 2.75) is 19.9 Å². The molecule has 7 heteroatoms. The van der Waals surface area contributed by atoms with Gasteiger partial charge in [-0.1, -0.05) is 13.8 Å². The van der Waals surface area contributed by atoms with E-state index in [9.17, 15) is 9.59 Å². The molecule has 1 fully saturated rings. The molecule has 1 heterocycles. The summed E-state index contributed by atoms with van der Waals surface area (Å²) in [5.41, 5.74) is 0. The lowest BCUT2D eigenvalue weighted by Gasteiger charge is -2.20. The molecule has 0 aliphatic carbocycles. The third kappa shape index (κ3) is 4.73. The second-order valence-electron chi connectivity index (χ2n) is 4.52. The quantitative estimate of drug-likeness (QED) is 0.702. The SMILES string of the molecule is CC(C)COCCNC(=O)N1CSC[C@H]1C(=O)O. The van der Waals surface area contributed by atoms with Gasteiger partial charge in [-0.15, -0.1) is 11.8 Å². The normalized spacial score (nSPS) is 19.3. The van der Waals surface area contributed by atoms with E-state index in [1.54, 1.807) is 0 Å². The Labute approximate surface area is 111 Å². The fraction of sp³-hybridized carbons (Fsp3) is 0.818. The lowest BCUT2D eigenvalue weighted by atomic mass is 10.2. The molecule has 0 radical (unpaired) electrons. The number of carbonyl (C=O) groups is 2. The molecule has 0 bridgehead atoms. The van der Waals surface area contributed by atoms with Gasteiger partial charge in [0.05, 0.1) is 12.5 Å². The largest absolute Gasteiger partial charge is 0.480 e. The number of nitrogens with zero attached hydrogens (tertiary/aromatic N) is 1. The van der Waals surface area contributed by atoms with Gasteiger partial charge in [0.25, 0.3) is 0 Å². The number of ether oxygens (including phenoxy) is 1. The summed E-state index contributed by atoms with van der Waals surface area (Å²) in [6.07, 6.45) is 0. The second kappa shape index (κ2) is 7.48. The minimum Gasteiger partial charge on any atom is -0.480 e. The summed E-state index contributed by atoms with van der Waals surface area (Å²) in [7, 11) is 0. The summed E-state index contributed by atoms with van der Waals surface area (Å²) in [5, 5.41) is 11.6. The van der Waals surface area contributed by atoms with Gasteiger partial charge in [-0.2, -0.15) is 0 Å². The molecule has 6 nitrogen and oxygen atoms in total. The zero-order chi connectivity index (χ0) is 13.5. The van der Waals surface area contributed by atoms with E-state index in [-0.39, 0.29) is 6.03 Å². The van der Waals surface area contributed by atoms with Crippen LogP contribution in [0.25, 0.3) is 0 Å². The first-order valence-electron chi connectivity index (χ1n) is 5.95. The molecule has 2 N–H and O–H groups in total. The molecule has 0 aromatic heterocycles. The molecule has 1 aliphatic heterocycles. The monoisotopic (exact) mass is 276 g/mol. The third-order valence-electron chi connectivity index (χ3n) is 2.40. The smallest absolute Gasteiger partial charge is 0.327 e. The summed E-state index contributed by atoms with van der Waals surface area (Å²) in [4.78, 5) is 24.0. The van der Waals surface area contributed by atoms with E-state index in [1.165, 1.54) is 16.7 Å². The number of hydrogen-bond acceptors (Lipinski definition) is 4. The van der Waals surface area contributed by atoms with Crippen LogP contribution in [0.15, 0.2) is 0 Å². The molecule has 1 aliphatic rings. The summed E-state index contributed by atoms with van der Waals surface area (Å²) < 4.78 is 5.33. The van der Waals surface area contributed by atoms with Crippen LogP contribution in [0.3, 0.4) is 0 Å². The van der Waals surface area contributed by atoms with Crippen molar-refractivity contribution < 1.29 is 19.4 Å². The van der Waals surface area contributed by atoms with E-state index >= 15 is 0 Å². The maximum atomic E-state index is 11.7. The Morgan fingerprint density at radius 2 is 2.28 bits per heavy atom. The average molecular weight is 276 g/mol. The Morgan fingerprint density at radius 3 is 2.89 bits per heavy atom. The van der Waals surface area contributed by atoms with E-state index in [1.807, 2.05) is 0 Å². The van der Waals surface area contributed by atoms with Gasteiger partial charge >= 0.3 is 12.0 Å². The molecule has 0 aromatic carbocycles. The standard InChI is InChI=1S/C11H20N2O4S/c1-8(2)5-17-4-3-12-11(16)13-7-18-6-9(13)10(14)15/h8-9H,3-7H2,1-2H3,(H,12,16)(H,14,15)/t9-/m0/s1. The van der Waals surface area contributed by atoms with Crippen LogP contribution in [0.5, 0.6) is 0 Å². The van der Waals surface area contributed by atoms with Gasteiger partial charge in [-0.25, -0.2) is 9.59 Å². The van der Waals surface area contributed by atoms with E-state index in [4.69, 9.17) is 9.84 Å². The van der Waals surface area contributed by atoms with Gasteiger partial charge in [0.2, 0.25) is 0 Å². The van der Waals surface area contributed by atoms with Gasteiger partial charge in [-0.05, 0) is 5.92 Å². The Kier molecular flexibility index (Phi) is 6.28. The van der Waals surface area contributed by atoms with Crippen LogP contribution in [-0.2, 0) is 9.53 Å². The van der Waals surface area contributed by atoms with Crippen LogP contribution >= 0.6 is 11.8 Å². The molecule has 104 valence electrons. The Hall–Kier alpha value is -0.950. The fourth-order valence-corrected chi connectivity index (χ4v) is 2.64. The van der Waals surface area contributed by atoms with Crippen LogP contribution in [0.1, 0.15) is 13.8 Å². The highest BCUT2D eigenvalue weighted by molar-refractivity contribution is 7.99. The maximum absolute atomic E-state index is 11.7. The first-order chi connectivity index (χ1) is 8.52. The molecule has 0 aromatic rings. The van der Waals surface area contributed by atoms with Crippen molar-refractivity contribution in [3.05, 3.63) is 0 Å². The number of carboxylic acid groups (broad SMARTS) is 1. The first-order valence-corrected chi connectivity index (χ1v) is 7.10. The van der Waals surface area contributed by atoms with E-state index < -0.39 is 12.0 Å². The topological polar surface area (TPSA) is 78.9 Å². The minimum atomic E-state index is -0.953. The number of carbonyl (C=O) groups excluding carboxylic acids is 1. The zero-order valence-electron chi connectivity index (χ0n) is 10.7. The van der Waals surface area contributed by atoms with Crippen LogP contribution in [0.4, 0.5) is 4.79 Å². The third-order valence-corrected chi connectivity index (χ3v) is 3.41. The number of rotatable bonds is 6. The number of amides is 2. The molecule has 1 atom stereocenters. The van der Waals surface area contributed by atoms with Crippen molar-refractivity contribution in [1.29, 1.82) is 0 Å².